The topological polar surface area (TPSA) is 35.5 Å². The lowest BCUT2D eigenvalue weighted by Gasteiger charge is -2.24. The number of rotatable bonds is 3. The standard InChI is InChI=1S/C9H14F2O3/c1-13-8(12)9(10,11)6-7-2-4-14-5-3-7/h7H,2-6H2,1H3. The van der Waals surface area contributed by atoms with Crippen molar-refractivity contribution in [3.05, 3.63) is 0 Å². The van der Waals surface area contributed by atoms with Crippen molar-refractivity contribution >= 4 is 5.97 Å². The van der Waals surface area contributed by atoms with Crippen LogP contribution in [0.25, 0.3) is 0 Å². The molecule has 0 aromatic carbocycles. The van der Waals surface area contributed by atoms with Gasteiger partial charge in [0.1, 0.15) is 0 Å². The van der Waals surface area contributed by atoms with Gasteiger partial charge in [-0.1, -0.05) is 0 Å². The van der Waals surface area contributed by atoms with Crippen LogP contribution in [0.1, 0.15) is 19.3 Å². The zero-order valence-corrected chi connectivity index (χ0v) is 8.09. The summed E-state index contributed by atoms with van der Waals surface area (Å²) in [6.45, 7) is 1.00. The van der Waals surface area contributed by atoms with E-state index in [9.17, 15) is 13.6 Å². The number of methoxy groups -OCH3 is 1. The lowest BCUT2D eigenvalue weighted by Crippen LogP contribution is -2.34. The Labute approximate surface area is 81.4 Å². The molecule has 1 rings (SSSR count). The molecule has 0 bridgehead atoms. The Morgan fingerprint density at radius 2 is 2.07 bits per heavy atom. The molecule has 0 atom stereocenters. The summed E-state index contributed by atoms with van der Waals surface area (Å²) in [6.07, 6.45) is 0.752. The number of hydrogen-bond donors (Lipinski definition) is 0. The molecule has 5 heteroatoms. The van der Waals surface area contributed by atoms with Crippen LogP contribution in [0.5, 0.6) is 0 Å². The maximum Gasteiger partial charge on any atom is 0.376 e. The summed E-state index contributed by atoms with van der Waals surface area (Å²) in [5, 5.41) is 0. The van der Waals surface area contributed by atoms with Crippen LogP contribution in [0.2, 0.25) is 0 Å². The van der Waals surface area contributed by atoms with E-state index >= 15 is 0 Å². The minimum Gasteiger partial charge on any atom is -0.465 e. The van der Waals surface area contributed by atoms with Crippen molar-refractivity contribution in [1.29, 1.82) is 0 Å². The molecule has 14 heavy (non-hydrogen) atoms. The van der Waals surface area contributed by atoms with Gasteiger partial charge in [-0.15, -0.1) is 0 Å². The van der Waals surface area contributed by atoms with Gasteiger partial charge in [0.05, 0.1) is 7.11 Å². The predicted octanol–water partition coefficient (Wildman–Crippen LogP) is 1.61. The highest BCUT2D eigenvalue weighted by Gasteiger charge is 2.42. The van der Waals surface area contributed by atoms with Gasteiger partial charge < -0.3 is 9.47 Å². The van der Waals surface area contributed by atoms with Gasteiger partial charge in [-0.2, -0.15) is 8.78 Å². The van der Waals surface area contributed by atoms with Crippen molar-refractivity contribution in [2.45, 2.75) is 25.2 Å². The highest BCUT2D eigenvalue weighted by Crippen LogP contribution is 2.30. The van der Waals surface area contributed by atoms with E-state index in [4.69, 9.17) is 4.74 Å². The Balaban J connectivity index is 2.44. The van der Waals surface area contributed by atoms with Crippen LogP contribution in [-0.2, 0) is 14.3 Å². The second-order valence-corrected chi connectivity index (χ2v) is 3.46. The molecule has 1 aliphatic rings. The smallest absolute Gasteiger partial charge is 0.376 e. The molecule has 0 spiro atoms. The van der Waals surface area contributed by atoms with E-state index in [-0.39, 0.29) is 5.92 Å². The average molecular weight is 208 g/mol. The number of carbonyl (C=O) groups excluding carboxylic acids is 1. The number of esters is 1. The summed E-state index contributed by atoms with van der Waals surface area (Å²) in [5.74, 6) is -4.93. The molecule has 1 aliphatic heterocycles. The van der Waals surface area contributed by atoms with Gasteiger partial charge in [0, 0.05) is 19.6 Å². The minimum atomic E-state index is -3.35. The van der Waals surface area contributed by atoms with Gasteiger partial charge in [0.15, 0.2) is 0 Å². The maximum atomic E-state index is 13.1. The number of halogens is 2. The number of hydrogen-bond acceptors (Lipinski definition) is 3. The number of carbonyl (C=O) groups is 1. The first-order valence-electron chi connectivity index (χ1n) is 4.60. The molecule has 0 N–H and O–H groups in total. The number of alkyl halides is 2. The van der Waals surface area contributed by atoms with Gasteiger partial charge in [-0.25, -0.2) is 4.79 Å². The van der Waals surface area contributed by atoms with E-state index in [1.54, 1.807) is 0 Å². The van der Waals surface area contributed by atoms with Gasteiger partial charge >= 0.3 is 11.9 Å². The molecule has 82 valence electrons. The van der Waals surface area contributed by atoms with Gasteiger partial charge in [0.2, 0.25) is 0 Å². The molecule has 3 nitrogen and oxygen atoms in total. The van der Waals surface area contributed by atoms with Crippen molar-refractivity contribution in [3.63, 3.8) is 0 Å². The molecule has 0 amide bonds. The zero-order chi connectivity index (χ0) is 10.6. The molecule has 0 aliphatic carbocycles. The maximum absolute atomic E-state index is 13.1. The van der Waals surface area contributed by atoms with Crippen LogP contribution >= 0.6 is 0 Å². The summed E-state index contributed by atoms with van der Waals surface area (Å²) >= 11 is 0. The highest BCUT2D eigenvalue weighted by molar-refractivity contribution is 5.77. The molecule has 0 aromatic heterocycles. The van der Waals surface area contributed by atoms with Crippen LogP contribution in [0.15, 0.2) is 0 Å². The highest BCUT2D eigenvalue weighted by atomic mass is 19.3. The molecule has 0 unspecified atom stereocenters. The van der Waals surface area contributed by atoms with Crippen LogP contribution in [0.3, 0.4) is 0 Å². The summed E-state index contributed by atoms with van der Waals surface area (Å²) in [4.78, 5) is 10.7. The Morgan fingerprint density at radius 3 is 2.57 bits per heavy atom. The van der Waals surface area contributed by atoms with Crippen molar-refractivity contribution in [2.24, 2.45) is 5.92 Å². The summed E-state index contributed by atoms with van der Waals surface area (Å²) < 4.78 is 35.2. The zero-order valence-electron chi connectivity index (χ0n) is 8.09. The van der Waals surface area contributed by atoms with E-state index in [2.05, 4.69) is 4.74 Å². The van der Waals surface area contributed by atoms with Crippen LogP contribution in [0, 0.1) is 5.92 Å². The van der Waals surface area contributed by atoms with Crippen LogP contribution < -0.4 is 0 Å². The van der Waals surface area contributed by atoms with Crippen LogP contribution in [0.4, 0.5) is 8.78 Å². The summed E-state index contributed by atoms with van der Waals surface area (Å²) in [7, 11) is 0.972. The van der Waals surface area contributed by atoms with E-state index in [1.807, 2.05) is 0 Å². The molecule has 0 saturated carbocycles. The summed E-state index contributed by atoms with van der Waals surface area (Å²) in [5.41, 5.74) is 0. The third-order valence-corrected chi connectivity index (χ3v) is 2.37. The normalized spacial score (nSPS) is 19.4. The van der Waals surface area contributed by atoms with Gasteiger partial charge in [-0.3, -0.25) is 0 Å². The van der Waals surface area contributed by atoms with Gasteiger partial charge in [-0.05, 0) is 18.8 Å². The fourth-order valence-corrected chi connectivity index (χ4v) is 1.55. The lowest BCUT2D eigenvalue weighted by atomic mass is 9.93. The quantitative estimate of drug-likeness (QED) is 0.661. The minimum absolute atomic E-state index is 0.141. The average Bonchev–Trinajstić information content (AvgIpc) is 2.17. The molecular formula is C9H14F2O3. The number of ether oxygens (including phenoxy) is 2. The fraction of sp³-hybridized carbons (Fsp3) is 0.889. The molecular weight excluding hydrogens is 194 g/mol. The fourth-order valence-electron chi connectivity index (χ4n) is 1.55. The van der Waals surface area contributed by atoms with Gasteiger partial charge in [0.25, 0.3) is 0 Å². The van der Waals surface area contributed by atoms with Crippen LogP contribution in [-0.4, -0.2) is 32.2 Å². The van der Waals surface area contributed by atoms with Crippen molar-refractivity contribution in [3.8, 4) is 0 Å². The first-order valence-corrected chi connectivity index (χ1v) is 4.60. The Bertz CT molecular complexity index is 200. The third-order valence-electron chi connectivity index (χ3n) is 2.37. The Morgan fingerprint density at radius 1 is 1.50 bits per heavy atom. The van der Waals surface area contributed by atoms with E-state index in [0.29, 0.717) is 26.1 Å². The second-order valence-electron chi connectivity index (χ2n) is 3.46. The summed E-state index contributed by atoms with van der Waals surface area (Å²) in [6, 6.07) is 0. The first-order chi connectivity index (χ1) is 6.56. The monoisotopic (exact) mass is 208 g/mol. The molecule has 1 fully saturated rings. The molecule has 0 radical (unpaired) electrons. The Hall–Kier alpha value is -0.710. The van der Waals surface area contributed by atoms with E-state index in [1.165, 1.54) is 0 Å². The van der Waals surface area contributed by atoms with Crippen molar-refractivity contribution in [2.75, 3.05) is 20.3 Å². The second kappa shape index (κ2) is 4.68. The van der Waals surface area contributed by atoms with Crippen molar-refractivity contribution < 1.29 is 23.0 Å². The van der Waals surface area contributed by atoms with Crippen molar-refractivity contribution in [1.82, 2.24) is 0 Å². The third kappa shape index (κ3) is 2.90. The first kappa shape index (κ1) is 11.4. The van der Waals surface area contributed by atoms with E-state index in [0.717, 1.165) is 7.11 Å². The van der Waals surface area contributed by atoms with E-state index < -0.39 is 18.3 Å². The molecule has 1 saturated heterocycles. The lowest BCUT2D eigenvalue weighted by molar-refractivity contribution is -0.172. The predicted molar refractivity (Wildman–Crippen MR) is 45.1 cm³/mol. The SMILES string of the molecule is COC(=O)C(F)(F)CC1CCOCC1. The molecule has 0 aromatic rings. The molecule has 1 heterocycles. The largest absolute Gasteiger partial charge is 0.465 e. The Kier molecular flexibility index (Phi) is 3.80.